The topological polar surface area (TPSA) is 58.6 Å². The minimum Gasteiger partial charge on any atom is -0.497 e. The van der Waals surface area contributed by atoms with E-state index < -0.39 is 6.10 Å². The van der Waals surface area contributed by atoms with Crippen LogP contribution < -0.4 is 10.1 Å². The lowest BCUT2D eigenvalue weighted by molar-refractivity contribution is -0.120. The molecular formula is C17H18ClNO3. The fourth-order valence-electron chi connectivity index (χ4n) is 2.00. The van der Waals surface area contributed by atoms with Crippen molar-refractivity contribution in [2.24, 2.45) is 0 Å². The third kappa shape index (κ3) is 4.76. The monoisotopic (exact) mass is 319 g/mol. The number of carbonyl (C=O) groups excluding carboxylic acids is 1. The first-order chi connectivity index (χ1) is 10.6. The van der Waals surface area contributed by atoms with Gasteiger partial charge in [0.05, 0.1) is 19.6 Å². The summed E-state index contributed by atoms with van der Waals surface area (Å²) in [5.41, 5.74) is 1.61. The van der Waals surface area contributed by atoms with Crippen molar-refractivity contribution >= 4 is 17.5 Å². The van der Waals surface area contributed by atoms with Gasteiger partial charge in [0.15, 0.2) is 0 Å². The summed E-state index contributed by atoms with van der Waals surface area (Å²) in [5, 5.41) is 13.4. The first-order valence-electron chi connectivity index (χ1n) is 6.91. The molecule has 2 aromatic rings. The van der Waals surface area contributed by atoms with Crippen LogP contribution in [0.3, 0.4) is 0 Å². The second kappa shape index (κ2) is 7.82. The van der Waals surface area contributed by atoms with Crippen molar-refractivity contribution in [1.82, 2.24) is 5.32 Å². The molecule has 116 valence electrons. The number of aliphatic hydroxyl groups is 1. The first-order valence-corrected chi connectivity index (χ1v) is 7.29. The third-order valence-corrected chi connectivity index (χ3v) is 3.52. The Balaban J connectivity index is 1.82. The number of aliphatic hydroxyl groups excluding tert-OH is 1. The Morgan fingerprint density at radius 3 is 2.41 bits per heavy atom. The summed E-state index contributed by atoms with van der Waals surface area (Å²) < 4.78 is 5.07. The SMILES string of the molecule is COc1ccc(CC(=O)NC[C@@H](O)c2ccc(Cl)cc2)cc1. The van der Waals surface area contributed by atoms with Gasteiger partial charge >= 0.3 is 0 Å². The zero-order chi connectivity index (χ0) is 15.9. The minimum absolute atomic E-state index is 0.141. The number of halogens is 1. The van der Waals surface area contributed by atoms with Crippen LogP contribution in [0.4, 0.5) is 0 Å². The van der Waals surface area contributed by atoms with Gasteiger partial charge in [0.2, 0.25) is 5.91 Å². The van der Waals surface area contributed by atoms with Crippen LogP contribution in [0.15, 0.2) is 48.5 Å². The zero-order valence-electron chi connectivity index (χ0n) is 12.3. The van der Waals surface area contributed by atoms with Gasteiger partial charge in [-0.15, -0.1) is 0 Å². The van der Waals surface area contributed by atoms with Gasteiger partial charge in [-0.25, -0.2) is 0 Å². The lowest BCUT2D eigenvalue weighted by Crippen LogP contribution is -2.29. The Labute approximate surface area is 134 Å². The molecule has 1 atom stereocenters. The molecular weight excluding hydrogens is 302 g/mol. The van der Waals surface area contributed by atoms with Crippen molar-refractivity contribution in [2.45, 2.75) is 12.5 Å². The van der Waals surface area contributed by atoms with Crippen LogP contribution >= 0.6 is 11.6 Å². The minimum atomic E-state index is -0.753. The highest BCUT2D eigenvalue weighted by Crippen LogP contribution is 2.16. The normalized spacial score (nSPS) is 11.8. The van der Waals surface area contributed by atoms with Crippen LogP contribution in [0.25, 0.3) is 0 Å². The third-order valence-electron chi connectivity index (χ3n) is 3.27. The van der Waals surface area contributed by atoms with E-state index in [4.69, 9.17) is 16.3 Å². The van der Waals surface area contributed by atoms with Crippen LogP contribution in [0, 0.1) is 0 Å². The van der Waals surface area contributed by atoms with E-state index in [9.17, 15) is 9.90 Å². The molecule has 0 aliphatic heterocycles. The molecule has 5 heteroatoms. The van der Waals surface area contributed by atoms with Crippen LogP contribution in [-0.2, 0) is 11.2 Å². The molecule has 0 spiro atoms. The van der Waals surface area contributed by atoms with E-state index in [1.807, 2.05) is 24.3 Å². The molecule has 0 aromatic heterocycles. The van der Waals surface area contributed by atoms with E-state index in [1.54, 1.807) is 31.4 Å². The van der Waals surface area contributed by atoms with Crippen molar-refractivity contribution < 1.29 is 14.6 Å². The van der Waals surface area contributed by atoms with Gasteiger partial charge in [-0.05, 0) is 35.4 Å². The maximum Gasteiger partial charge on any atom is 0.224 e. The van der Waals surface area contributed by atoms with Crippen molar-refractivity contribution in [3.63, 3.8) is 0 Å². The average Bonchev–Trinajstić information content (AvgIpc) is 2.54. The summed E-state index contributed by atoms with van der Waals surface area (Å²) in [6.45, 7) is 0.163. The lowest BCUT2D eigenvalue weighted by atomic mass is 10.1. The second-order valence-corrected chi connectivity index (χ2v) is 5.33. The molecule has 0 bridgehead atoms. The summed E-state index contributed by atoms with van der Waals surface area (Å²) in [7, 11) is 1.60. The molecule has 0 saturated carbocycles. The second-order valence-electron chi connectivity index (χ2n) is 4.90. The Hall–Kier alpha value is -2.04. The van der Waals surface area contributed by atoms with E-state index in [2.05, 4.69) is 5.32 Å². The van der Waals surface area contributed by atoms with Crippen LogP contribution in [0.1, 0.15) is 17.2 Å². The average molecular weight is 320 g/mol. The first kappa shape index (κ1) is 16.3. The molecule has 2 rings (SSSR count). The van der Waals surface area contributed by atoms with Gasteiger partial charge in [-0.2, -0.15) is 0 Å². The molecule has 4 nitrogen and oxygen atoms in total. The molecule has 2 N–H and O–H groups in total. The molecule has 0 fully saturated rings. The van der Waals surface area contributed by atoms with Gasteiger partial charge < -0.3 is 15.2 Å². The van der Waals surface area contributed by atoms with Crippen molar-refractivity contribution in [2.75, 3.05) is 13.7 Å². The Morgan fingerprint density at radius 2 is 1.82 bits per heavy atom. The number of ether oxygens (including phenoxy) is 1. The van der Waals surface area contributed by atoms with Crippen molar-refractivity contribution in [3.8, 4) is 5.75 Å². The molecule has 2 aromatic carbocycles. The van der Waals surface area contributed by atoms with Gasteiger partial charge in [0.1, 0.15) is 5.75 Å². The van der Waals surface area contributed by atoms with E-state index in [1.165, 1.54) is 0 Å². The highest BCUT2D eigenvalue weighted by molar-refractivity contribution is 6.30. The standard InChI is InChI=1S/C17H18ClNO3/c1-22-15-8-2-12(3-9-15)10-17(21)19-11-16(20)13-4-6-14(18)7-5-13/h2-9,16,20H,10-11H2,1H3,(H,19,21)/t16-/m1/s1. The molecule has 0 aliphatic rings. The van der Waals surface area contributed by atoms with Crippen LogP contribution in [0.5, 0.6) is 5.75 Å². The zero-order valence-corrected chi connectivity index (χ0v) is 13.0. The summed E-state index contributed by atoms with van der Waals surface area (Å²) in [4.78, 5) is 11.9. The Kier molecular flexibility index (Phi) is 5.81. The highest BCUT2D eigenvalue weighted by Gasteiger charge is 2.10. The number of rotatable bonds is 6. The number of amides is 1. The van der Waals surface area contributed by atoms with E-state index in [0.717, 1.165) is 11.3 Å². The number of methoxy groups -OCH3 is 1. The number of nitrogens with one attached hydrogen (secondary N) is 1. The summed E-state index contributed by atoms with van der Waals surface area (Å²) >= 11 is 5.80. The van der Waals surface area contributed by atoms with E-state index in [0.29, 0.717) is 10.6 Å². The number of hydrogen-bond acceptors (Lipinski definition) is 3. The molecule has 0 unspecified atom stereocenters. The molecule has 0 aliphatic carbocycles. The quantitative estimate of drug-likeness (QED) is 0.860. The molecule has 0 heterocycles. The fourth-order valence-corrected chi connectivity index (χ4v) is 2.13. The Morgan fingerprint density at radius 1 is 1.18 bits per heavy atom. The van der Waals surface area contributed by atoms with Crippen molar-refractivity contribution in [1.29, 1.82) is 0 Å². The van der Waals surface area contributed by atoms with Gasteiger partial charge in [-0.1, -0.05) is 35.9 Å². The molecule has 0 saturated heterocycles. The predicted molar refractivity (Wildman–Crippen MR) is 86.1 cm³/mol. The smallest absolute Gasteiger partial charge is 0.224 e. The van der Waals surface area contributed by atoms with Crippen LogP contribution in [0.2, 0.25) is 5.02 Å². The maximum atomic E-state index is 11.9. The maximum absolute atomic E-state index is 11.9. The molecule has 0 radical (unpaired) electrons. The Bertz CT molecular complexity index is 611. The van der Waals surface area contributed by atoms with E-state index >= 15 is 0 Å². The van der Waals surface area contributed by atoms with Gasteiger partial charge in [-0.3, -0.25) is 4.79 Å². The van der Waals surface area contributed by atoms with Crippen LogP contribution in [-0.4, -0.2) is 24.7 Å². The van der Waals surface area contributed by atoms with Gasteiger partial charge in [0.25, 0.3) is 0 Å². The molecule has 22 heavy (non-hydrogen) atoms. The van der Waals surface area contributed by atoms with E-state index in [-0.39, 0.29) is 18.9 Å². The number of carbonyl (C=O) groups is 1. The summed E-state index contributed by atoms with van der Waals surface area (Å²) in [6, 6.07) is 14.2. The lowest BCUT2D eigenvalue weighted by Gasteiger charge is -2.12. The largest absolute Gasteiger partial charge is 0.497 e. The fraction of sp³-hybridized carbons (Fsp3) is 0.235. The number of benzene rings is 2. The number of hydrogen-bond donors (Lipinski definition) is 2. The van der Waals surface area contributed by atoms with Gasteiger partial charge in [0, 0.05) is 11.6 Å². The molecule has 1 amide bonds. The summed E-state index contributed by atoms with van der Waals surface area (Å²) in [5.74, 6) is 0.612. The predicted octanol–water partition coefficient (Wildman–Crippen LogP) is 2.74. The summed E-state index contributed by atoms with van der Waals surface area (Å²) in [6.07, 6.45) is -0.491. The highest BCUT2D eigenvalue weighted by atomic mass is 35.5. The van der Waals surface area contributed by atoms with Crippen molar-refractivity contribution in [3.05, 3.63) is 64.7 Å².